The van der Waals surface area contributed by atoms with Gasteiger partial charge in [-0.05, 0) is 36.2 Å². The molecule has 0 N–H and O–H groups in total. The maximum absolute atomic E-state index is 11.0. The summed E-state index contributed by atoms with van der Waals surface area (Å²) in [5, 5.41) is 0. The molecule has 0 saturated heterocycles. The molecule has 0 heterocycles. The predicted molar refractivity (Wildman–Crippen MR) is 90.8 cm³/mol. The highest BCUT2D eigenvalue weighted by molar-refractivity contribution is 9.10. The quantitative estimate of drug-likeness (QED) is 0.535. The van der Waals surface area contributed by atoms with Crippen LogP contribution in [0.4, 0.5) is 0 Å². The summed E-state index contributed by atoms with van der Waals surface area (Å²) >= 11 is 3.41. The summed E-state index contributed by atoms with van der Waals surface area (Å²) in [5.41, 5.74) is 2.49. The van der Waals surface area contributed by atoms with Gasteiger partial charge in [-0.3, -0.25) is 4.79 Å². The third-order valence-electron chi connectivity index (χ3n) is 3.17. The van der Waals surface area contributed by atoms with Crippen LogP contribution in [0.2, 0.25) is 0 Å². The van der Waals surface area contributed by atoms with Crippen molar-refractivity contribution >= 4 is 22.2 Å². The van der Waals surface area contributed by atoms with Crippen LogP contribution in [-0.2, 0) is 13.0 Å². The minimum atomic E-state index is 0.425. The van der Waals surface area contributed by atoms with E-state index < -0.39 is 0 Å². The van der Waals surface area contributed by atoms with Crippen molar-refractivity contribution in [3.63, 3.8) is 0 Å². The Morgan fingerprint density at radius 2 is 1.95 bits per heavy atom. The Morgan fingerprint density at radius 3 is 2.55 bits per heavy atom. The van der Waals surface area contributed by atoms with Crippen LogP contribution in [0.25, 0.3) is 0 Å². The summed E-state index contributed by atoms with van der Waals surface area (Å²) in [6.07, 6.45) is 3.18. The molecule has 22 heavy (non-hydrogen) atoms. The topological polar surface area (TPSA) is 35.5 Å². The Hall–Kier alpha value is -2.07. The van der Waals surface area contributed by atoms with E-state index in [0.29, 0.717) is 30.1 Å². The number of methoxy groups -OCH3 is 1. The van der Waals surface area contributed by atoms with Crippen molar-refractivity contribution in [3.8, 4) is 11.5 Å². The fourth-order valence-corrected chi connectivity index (χ4v) is 2.37. The van der Waals surface area contributed by atoms with Gasteiger partial charge in [-0.25, -0.2) is 0 Å². The molecule has 0 bridgehead atoms. The number of rotatable bonds is 7. The molecule has 4 heteroatoms. The molecule has 2 aromatic carbocycles. The van der Waals surface area contributed by atoms with Crippen LogP contribution in [0.15, 0.2) is 53.5 Å². The first-order valence-electron chi connectivity index (χ1n) is 6.82. The van der Waals surface area contributed by atoms with Gasteiger partial charge in [-0.2, -0.15) is 0 Å². The van der Waals surface area contributed by atoms with Gasteiger partial charge >= 0.3 is 0 Å². The number of aldehydes is 1. The Kier molecular flexibility index (Phi) is 5.78. The van der Waals surface area contributed by atoms with Gasteiger partial charge in [0, 0.05) is 15.6 Å². The summed E-state index contributed by atoms with van der Waals surface area (Å²) < 4.78 is 12.3. The van der Waals surface area contributed by atoms with Gasteiger partial charge in [0.05, 0.1) is 7.11 Å². The zero-order valence-corrected chi connectivity index (χ0v) is 13.9. The highest BCUT2D eigenvalue weighted by atomic mass is 79.9. The highest BCUT2D eigenvalue weighted by Gasteiger charge is 2.12. The molecular formula is C18H17BrO3. The number of hydrogen-bond donors (Lipinski definition) is 0. The summed E-state index contributed by atoms with van der Waals surface area (Å²) in [6.45, 7) is 4.17. The molecule has 2 rings (SSSR count). The first kappa shape index (κ1) is 16.3. The number of benzene rings is 2. The maximum atomic E-state index is 11.0. The normalized spacial score (nSPS) is 10.1. The average Bonchev–Trinajstić information content (AvgIpc) is 2.54. The number of hydrogen-bond acceptors (Lipinski definition) is 3. The van der Waals surface area contributed by atoms with Gasteiger partial charge in [0.25, 0.3) is 0 Å². The van der Waals surface area contributed by atoms with Gasteiger partial charge < -0.3 is 9.47 Å². The third kappa shape index (κ3) is 3.98. The van der Waals surface area contributed by atoms with E-state index in [0.717, 1.165) is 21.9 Å². The van der Waals surface area contributed by atoms with E-state index in [9.17, 15) is 4.79 Å². The largest absolute Gasteiger partial charge is 0.493 e. The molecule has 0 unspecified atom stereocenters. The van der Waals surface area contributed by atoms with Crippen LogP contribution < -0.4 is 9.47 Å². The van der Waals surface area contributed by atoms with Crippen molar-refractivity contribution in [1.82, 2.24) is 0 Å². The minimum Gasteiger partial charge on any atom is -0.493 e. The van der Waals surface area contributed by atoms with Gasteiger partial charge in [-0.15, -0.1) is 6.58 Å². The van der Waals surface area contributed by atoms with E-state index in [2.05, 4.69) is 22.5 Å². The summed E-state index contributed by atoms with van der Waals surface area (Å²) in [5.74, 6) is 1.20. The fourth-order valence-electron chi connectivity index (χ4n) is 2.11. The average molecular weight is 361 g/mol. The molecular weight excluding hydrogens is 344 g/mol. The second-order valence-electron chi connectivity index (χ2n) is 4.74. The Bertz CT molecular complexity index is 663. The molecule has 0 aromatic heterocycles. The molecule has 2 aromatic rings. The molecule has 0 aliphatic rings. The van der Waals surface area contributed by atoms with Gasteiger partial charge in [0.2, 0.25) is 0 Å². The summed E-state index contributed by atoms with van der Waals surface area (Å²) in [7, 11) is 1.56. The molecule has 0 aliphatic heterocycles. The summed E-state index contributed by atoms with van der Waals surface area (Å²) in [6, 6.07) is 11.4. The van der Waals surface area contributed by atoms with Crippen molar-refractivity contribution in [2.45, 2.75) is 13.0 Å². The molecule has 0 spiro atoms. The highest BCUT2D eigenvalue weighted by Crippen LogP contribution is 2.34. The molecule has 3 nitrogen and oxygen atoms in total. The predicted octanol–water partition coefficient (Wildman–Crippen LogP) is 4.58. The van der Waals surface area contributed by atoms with E-state index in [-0.39, 0.29) is 0 Å². The standard InChI is InChI=1S/C18H17BrO3/c1-3-4-15-9-14(11-20)10-17(21-2)18(15)22-12-13-5-7-16(19)8-6-13/h3,5-11H,1,4,12H2,2H3. The third-order valence-corrected chi connectivity index (χ3v) is 3.70. The van der Waals surface area contributed by atoms with E-state index >= 15 is 0 Å². The lowest BCUT2D eigenvalue weighted by molar-refractivity contribution is 0.112. The molecule has 0 fully saturated rings. The van der Waals surface area contributed by atoms with Crippen LogP contribution >= 0.6 is 15.9 Å². The van der Waals surface area contributed by atoms with Gasteiger partial charge in [0.1, 0.15) is 12.9 Å². The second kappa shape index (κ2) is 7.80. The van der Waals surface area contributed by atoms with Gasteiger partial charge in [0.15, 0.2) is 11.5 Å². The minimum absolute atomic E-state index is 0.425. The van der Waals surface area contributed by atoms with E-state index in [1.807, 2.05) is 24.3 Å². The van der Waals surface area contributed by atoms with Crippen molar-refractivity contribution in [1.29, 1.82) is 0 Å². The monoisotopic (exact) mass is 360 g/mol. The SMILES string of the molecule is C=CCc1cc(C=O)cc(OC)c1OCc1ccc(Br)cc1. The molecule has 0 aliphatic carbocycles. The maximum Gasteiger partial charge on any atom is 0.165 e. The van der Waals surface area contributed by atoms with Crippen LogP contribution in [0.5, 0.6) is 11.5 Å². The lowest BCUT2D eigenvalue weighted by Crippen LogP contribution is -2.02. The molecule has 114 valence electrons. The second-order valence-corrected chi connectivity index (χ2v) is 5.65. The summed E-state index contributed by atoms with van der Waals surface area (Å²) in [4.78, 5) is 11.0. The van der Waals surface area contributed by atoms with E-state index in [4.69, 9.17) is 9.47 Å². The van der Waals surface area contributed by atoms with E-state index in [1.165, 1.54) is 0 Å². The Labute approximate surface area is 138 Å². The molecule has 0 radical (unpaired) electrons. The van der Waals surface area contributed by atoms with Crippen LogP contribution in [0.1, 0.15) is 21.5 Å². The van der Waals surface area contributed by atoms with E-state index in [1.54, 1.807) is 25.3 Å². The molecule has 0 amide bonds. The van der Waals surface area contributed by atoms with Crippen molar-refractivity contribution < 1.29 is 14.3 Å². The van der Waals surface area contributed by atoms with Crippen molar-refractivity contribution in [3.05, 3.63) is 70.2 Å². The lowest BCUT2D eigenvalue weighted by atomic mass is 10.1. The van der Waals surface area contributed by atoms with Gasteiger partial charge in [-0.1, -0.05) is 34.1 Å². The first-order chi connectivity index (χ1) is 10.7. The zero-order chi connectivity index (χ0) is 15.9. The molecule has 0 saturated carbocycles. The zero-order valence-electron chi connectivity index (χ0n) is 12.3. The smallest absolute Gasteiger partial charge is 0.165 e. The van der Waals surface area contributed by atoms with Crippen molar-refractivity contribution in [2.24, 2.45) is 0 Å². The number of halogens is 1. The van der Waals surface area contributed by atoms with Crippen LogP contribution in [0.3, 0.4) is 0 Å². The number of carbonyl (C=O) groups excluding carboxylic acids is 1. The van der Waals surface area contributed by atoms with Crippen molar-refractivity contribution in [2.75, 3.05) is 7.11 Å². The number of carbonyl (C=O) groups is 1. The van der Waals surface area contributed by atoms with Crippen LogP contribution in [0, 0.1) is 0 Å². The number of ether oxygens (including phenoxy) is 2. The Balaban J connectivity index is 2.29. The molecule has 0 atom stereocenters. The first-order valence-corrected chi connectivity index (χ1v) is 7.61. The number of allylic oxidation sites excluding steroid dienone is 1. The fraction of sp³-hybridized carbons (Fsp3) is 0.167. The van der Waals surface area contributed by atoms with Crippen LogP contribution in [-0.4, -0.2) is 13.4 Å². The lowest BCUT2D eigenvalue weighted by Gasteiger charge is -2.15. The Morgan fingerprint density at radius 1 is 1.23 bits per heavy atom.